The summed E-state index contributed by atoms with van der Waals surface area (Å²) in [5.74, 6) is 0.519. The van der Waals surface area contributed by atoms with Crippen molar-refractivity contribution in [3.63, 3.8) is 0 Å². The molecule has 1 N–H and O–H groups in total. The highest BCUT2D eigenvalue weighted by Crippen LogP contribution is 2.31. The number of hydrogen-bond donors (Lipinski definition) is 1. The van der Waals surface area contributed by atoms with E-state index in [0.29, 0.717) is 12.0 Å². The first-order valence-corrected chi connectivity index (χ1v) is 8.25. The van der Waals surface area contributed by atoms with Crippen LogP contribution in [0.2, 0.25) is 5.02 Å². The van der Waals surface area contributed by atoms with E-state index < -0.39 is 0 Å². The number of likely N-dealkylation sites (N-methyl/N-ethyl adjacent to an activating group) is 1. The lowest BCUT2D eigenvalue weighted by Crippen LogP contribution is -2.32. The van der Waals surface area contributed by atoms with Gasteiger partial charge in [-0.2, -0.15) is 0 Å². The summed E-state index contributed by atoms with van der Waals surface area (Å²) in [7, 11) is 2.06. The van der Waals surface area contributed by atoms with Gasteiger partial charge in [-0.05, 0) is 42.8 Å². The maximum Gasteiger partial charge on any atom is 0.0408 e. The summed E-state index contributed by atoms with van der Waals surface area (Å²) in [6, 6.07) is 17.5. The van der Waals surface area contributed by atoms with Crippen molar-refractivity contribution in [1.29, 1.82) is 0 Å². The van der Waals surface area contributed by atoms with Crippen LogP contribution in [0.5, 0.6) is 0 Å². The number of halogens is 1. The third-order valence-corrected chi connectivity index (χ3v) is 4.88. The van der Waals surface area contributed by atoms with Gasteiger partial charge >= 0.3 is 0 Å². The molecule has 2 aromatic carbocycles. The molecule has 3 rings (SSSR count). The molecule has 0 aromatic heterocycles. The minimum Gasteiger partial charge on any atom is -0.315 e. The van der Waals surface area contributed by atoms with Crippen LogP contribution in [0.3, 0.4) is 0 Å². The number of benzene rings is 2. The highest BCUT2D eigenvalue weighted by molar-refractivity contribution is 6.30. The molecule has 2 aromatic rings. The average Bonchev–Trinajstić information content (AvgIpc) is 2.91. The number of nitrogens with zero attached hydrogens (tertiary/aromatic N) is 1. The molecule has 2 nitrogen and oxygen atoms in total. The van der Waals surface area contributed by atoms with Crippen LogP contribution in [0.25, 0.3) is 0 Å². The minimum atomic E-state index is 0.489. The van der Waals surface area contributed by atoms with Crippen LogP contribution in [-0.2, 0) is 6.54 Å². The number of nitrogens with one attached hydrogen (secondary N) is 1. The summed E-state index contributed by atoms with van der Waals surface area (Å²) in [4.78, 5) is 2.54. The largest absolute Gasteiger partial charge is 0.315 e. The van der Waals surface area contributed by atoms with E-state index in [-0.39, 0.29) is 0 Å². The Kier molecular flexibility index (Phi) is 4.82. The molecule has 1 aliphatic heterocycles. The van der Waals surface area contributed by atoms with Crippen molar-refractivity contribution in [2.45, 2.75) is 25.4 Å². The van der Waals surface area contributed by atoms with Crippen LogP contribution in [-0.4, -0.2) is 31.1 Å². The molecule has 1 heterocycles. The maximum atomic E-state index is 6.10. The predicted molar refractivity (Wildman–Crippen MR) is 93.5 cm³/mol. The molecule has 0 saturated carbocycles. The first kappa shape index (κ1) is 15.5. The molecule has 1 unspecified atom stereocenters. The minimum absolute atomic E-state index is 0.489. The zero-order valence-electron chi connectivity index (χ0n) is 13.2. The van der Waals surface area contributed by atoms with E-state index in [9.17, 15) is 0 Å². The lowest BCUT2D eigenvalue weighted by Gasteiger charge is -2.20. The Balaban J connectivity index is 1.77. The molecule has 3 heteroatoms. The smallest absolute Gasteiger partial charge is 0.0408 e. The average molecular weight is 315 g/mol. The van der Waals surface area contributed by atoms with Gasteiger partial charge in [-0.25, -0.2) is 0 Å². The number of likely N-dealkylation sites (tertiary alicyclic amines) is 1. The Morgan fingerprint density at radius 2 is 1.91 bits per heavy atom. The zero-order valence-corrected chi connectivity index (χ0v) is 14.0. The van der Waals surface area contributed by atoms with Crippen molar-refractivity contribution in [3.8, 4) is 0 Å². The highest BCUT2D eigenvalue weighted by Gasteiger charge is 2.33. The first-order chi connectivity index (χ1) is 10.7. The Hall–Kier alpha value is -1.35. The van der Waals surface area contributed by atoms with E-state index in [1.807, 2.05) is 6.07 Å². The molecule has 0 spiro atoms. The van der Waals surface area contributed by atoms with Crippen molar-refractivity contribution in [3.05, 3.63) is 70.2 Å². The fraction of sp³-hybridized carbons (Fsp3) is 0.368. The SMILES string of the molecule is CNC1CN(Cc2ccccc2)C[C@@H]1c1ccc(Cl)cc1C. The van der Waals surface area contributed by atoms with Crippen LogP contribution in [0, 0.1) is 6.92 Å². The lowest BCUT2D eigenvalue weighted by molar-refractivity contribution is 0.320. The van der Waals surface area contributed by atoms with Crippen molar-refractivity contribution in [1.82, 2.24) is 10.2 Å². The molecular formula is C19H23ClN2. The molecule has 1 saturated heterocycles. The molecular weight excluding hydrogens is 292 g/mol. The van der Waals surface area contributed by atoms with Gasteiger partial charge in [0, 0.05) is 36.6 Å². The normalized spacial score (nSPS) is 22.1. The third-order valence-electron chi connectivity index (χ3n) is 4.65. The summed E-state index contributed by atoms with van der Waals surface area (Å²) in [5, 5.41) is 4.32. The van der Waals surface area contributed by atoms with Gasteiger partial charge in [0.25, 0.3) is 0 Å². The summed E-state index contributed by atoms with van der Waals surface area (Å²) >= 11 is 6.10. The number of hydrogen-bond acceptors (Lipinski definition) is 2. The molecule has 2 atom stereocenters. The molecule has 0 radical (unpaired) electrons. The molecule has 1 aliphatic rings. The van der Waals surface area contributed by atoms with Gasteiger partial charge in [-0.15, -0.1) is 0 Å². The molecule has 0 aliphatic carbocycles. The van der Waals surface area contributed by atoms with Crippen molar-refractivity contribution >= 4 is 11.6 Å². The first-order valence-electron chi connectivity index (χ1n) is 7.87. The second-order valence-corrected chi connectivity index (χ2v) is 6.62. The van der Waals surface area contributed by atoms with Crippen LogP contribution < -0.4 is 5.32 Å². The third kappa shape index (κ3) is 3.35. The molecule has 1 fully saturated rings. The van der Waals surface area contributed by atoms with E-state index in [0.717, 1.165) is 24.7 Å². The zero-order chi connectivity index (χ0) is 15.5. The second kappa shape index (κ2) is 6.82. The Morgan fingerprint density at radius 1 is 1.14 bits per heavy atom. The van der Waals surface area contributed by atoms with Crippen LogP contribution >= 0.6 is 11.6 Å². The van der Waals surface area contributed by atoms with Crippen molar-refractivity contribution in [2.24, 2.45) is 0 Å². The van der Waals surface area contributed by atoms with Gasteiger partial charge in [0.05, 0.1) is 0 Å². The topological polar surface area (TPSA) is 15.3 Å². The van der Waals surface area contributed by atoms with E-state index in [1.165, 1.54) is 16.7 Å². The summed E-state index contributed by atoms with van der Waals surface area (Å²) in [5.41, 5.74) is 4.09. The summed E-state index contributed by atoms with van der Waals surface area (Å²) in [6.45, 7) is 5.34. The molecule has 0 bridgehead atoms. The number of aryl methyl sites for hydroxylation is 1. The molecule has 22 heavy (non-hydrogen) atoms. The molecule has 0 amide bonds. The van der Waals surface area contributed by atoms with E-state index in [1.54, 1.807) is 0 Å². The Bertz CT molecular complexity index is 627. The van der Waals surface area contributed by atoms with Gasteiger partial charge in [0.1, 0.15) is 0 Å². The van der Waals surface area contributed by atoms with Crippen molar-refractivity contribution < 1.29 is 0 Å². The quantitative estimate of drug-likeness (QED) is 0.922. The summed E-state index contributed by atoms with van der Waals surface area (Å²) < 4.78 is 0. The van der Waals surface area contributed by atoms with Gasteiger partial charge < -0.3 is 5.32 Å². The lowest BCUT2D eigenvalue weighted by atomic mass is 9.91. The van der Waals surface area contributed by atoms with Gasteiger partial charge in [0.15, 0.2) is 0 Å². The number of rotatable bonds is 4. The van der Waals surface area contributed by atoms with Crippen LogP contribution in [0.15, 0.2) is 48.5 Å². The van der Waals surface area contributed by atoms with E-state index in [4.69, 9.17) is 11.6 Å². The fourth-order valence-corrected chi connectivity index (χ4v) is 3.75. The molecule has 116 valence electrons. The van der Waals surface area contributed by atoms with Crippen LogP contribution in [0.1, 0.15) is 22.6 Å². The van der Waals surface area contributed by atoms with Gasteiger partial charge in [0.2, 0.25) is 0 Å². The standard InChI is InChI=1S/C19H23ClN2/c1-14-10-16(20)8-9-17(14)18-12-22(13-19(18)21-2)11-15-6-4-3-5-7-15/h3-10,18-19,21H,11-13H2,1-2H3/t18-,19?/m1/s1. The van der Waals surface area contributed by atoms with Gasteiger partial charge in [-0.1, -0.05) is 48.0 Å². The van der Waals surface area contributed by atoms with E-state index >= 15 is 0 Å². The Morgan fingerprint density at radius 3 is 2.59 bits per heavy atom. The van der Waals surface area contributed by atoms with Crippen LogP contribution in [0.4, 0.5) is 0 Å². The Labute approximate surface area is 138 Å². The van der Waals surface area contributed by atoms with Crippen molar-refractivity contribution in [2.75, 3.05) is 20.1 Å². The monoisotopic (exact) mass is 314 g/mol. The van der Waals surface area contributed by atoms with E-state index in [2.05, 4.69) is 66.7 Å². The maximum absolute atomic E-state index is 6.10. The highest BCUT2D eigenvalue weighted by atomic mass is 35.5. The van der Waals surface area contributed by atoms with Gasteiger partial charge in [-0.3, -0.25) is 4.90 Å². The predicted octanol–water partition coefficient (Wildman–Crippen LogP) is 3.84. The summed E-state index contributed by atoms with van der Waals surface area (Å²) in [6.07, 6.45) is 0. The fourth-order valence-electron chi connectivity index (χ4n) is 3.52. The second-order valence-electron chi connectivity index (χ2n) is 6.18.